The van der Waals surface area contributed by atoms with Gasteiger partial charge in [-0.3, -0.25) is 10.1 Å². The molecule has 0 saturated heterocycles. The number of nitro benzene ring substituents is 1. The number of benzene rings is 3. The zero-order valence-electron chi connectivity index (χ0n) is 15.5. The van der Waals surface area contributed by atoms with Crippen molar-refractivity contribution < 1.29 is 27.0 Å². The summed E-state index contributed by atoms with van der Waals surface area (Å²) in [6.07, 6.45) is -0.657. The molecule has 0 amide bonds. The maximum atomic E-state index is 13.3. The first-order valence-electron chi connectivity index (χ1n) is 8.60. The van der Waals surface area contributed by atoms with Crippen LogP contribution in [0.3, 0.4) is 0 Å². The first-order chi connectivity index (χ1) is 14.3. The first-order valence-corrected chi connectivity index (χ1v) is 11.8. The third-order valence-corrected chi connectivity index (χ3v) is 6.94. The van der Waals surface area contributed by atoms with Crippen molar-refractivity contribution >= 4 is 23.3 Å². The molecule has 11 heteroatoms. The lowest BCUT2D eigenvalue weighted by molar-refractivity contribution is -0.384. The monoisotopic (exact) mass is 448 g/mol. The molecule has 0 aliphatic rings. The van der Waals surface area contributed by atoms with Crippen LogP contribution in [-0.4, -0.2) is 19.6 Å². The molecule has 0 aliphatic carbocycles. The number of sulfonamides is 1. The second-order valence-corrected chi connectivity index (χ2v) is 9.65. The van der Waals surface area contributed by atoms with Crippen LogP contribution < -0.4 is 13.8 Å². The Balaban J connectivity index is 1.81. The summed E-state index contributed by atoms with van der Waals surface area (Å²) in [7, 11) is -8.13. The Morgan fingerprint density at radius 3 is 1.73 bits per heavy atom. The van der Waals surface area contributed by atoms with Crippen LogP contribution in [0.1, 0.15) is 0 Å². The average molecular weight is 448 g/mol. The molecule has 0 aliphatic heterocycles. The van der Waals surface area contributed by atoms with Crippen LogP contribution in [0.2, 0.25) is 0 Å². The van der Waals surface area contributed by atoms with Gasteiger partial charge in [-0.2, -0.15) is 4.72 Å². The fourth-order valence-electron chi connectivity index (χ4n) is 2.36. The molecule has 0 radical (unpaired) electrons. The van der Waals surface area contributed by atoms with E-state index in [4.69, 9.17) is 9.05 Å². The molecule has 0 atom stereocenters. The van der Waals surface area contributed by atoms with Crippen LogP contribution in [0, 0.1) is 10.1 Å². The highest BCUT2D eigenvalue weighted by Crippen LogP contribution is 2.47. The minimum absolute atomic E-state index is 0.223. The van der Waals surface area contributed by atoms with E-state index in [1.54, 1.807) is 60.7 Å². The summed E-state index contributed by atoms with van der Waals surface area (Å²) >= 11 is 0. The lowest BCUT2D eigenvalue weighted by Crippen LogP contribution is -2.27. The van der Waals surface area contributed by atoms with Crippen molar-refractivity contribution in [3.05, 3.63) is 95.0 Å². The van der Waals surface area contributed by atoms with E-state index in [2.05, 4.69) is 4.72 Å². The molecule has 0 saturated carbocycles. The van der Waals surface area contributed by atoms with Crippen molar-refractivity contribution in [3.63, 3.8) is 0 Å². The predicted octanol–water partition coefficient (Wildman–Crippen LogP) is 4.18. The molecule has 0 spiro atoms. The molecule has 0 fully saturated rings. The SMILES string of the molecule is O=[N+]([O-])c1ccc(S(=O)(=O)NCP(=O)(Oc2ccccc2)Oc2ccccc2)cc1. The lowest BCUT2D eigenvalue weighted by atomic mass is 10.3. The van der Waals surface area contributed by atoms with E-state index in [1.807, 2.05) is 0 Å². The summed E-state index contributed by atoms with van der Waals surface area (Å²) in [5, 5.41) is 10.7. The van der Waals surface area contributed by atoms with Crippen molar-refractivity contribution in [3.8, 4) is 11.5 Å². The highest BCUT2D eigenvalue weighted by atomic mass is 32.2. The molecule has 0 heterocycles. The third kappa shape index (κ3) is 5.66. The maximum absolute atomic E-state index is 13.3. The number of hydrogen-bond acceptors (Lipinski definition) is 7. The predicted molar refractivity (Wildman–Crippen MR) is 110 cm³/mol. The van der Waals surface area contributed by atoms with Gasteiger partial charge in [0.05, 0.1) is 9.82 Å². The molecular formula is C19H17N2O7PS. The van der Waals surface area contributed by atoms with Gasteiger partial charge in [0.1, 0.15) is 17.8 Å². The standard InChI is InChI=1S/C19H17N2O7PS/c22-21(23)16-11-13-19(14-12-16)30(25,26)20-15-29(24,27-17-7-3-1-4-8-17)28-18-9-5-2-6-10-18/h1-14,20H,15H2. The summed E-state index contributed by atoms with van der Waals surface area (Å²) in [4.78, 5) is 9.87. The van der Waals surface area contributed by atoms with E-state index in [0.717, 1.165) is 24.3 Å². The van der Waals surface area contributed by atoms with E-state index >= 15 is 0 Å². The van der Waals surface area contributed by atoms with Crippen LogP contribution in [0.4, 0.5) is 5.69 Å². The van der Waals surface area contributed by atoms with Gasteiger partial charge in [-0.15, -0.1) is 0 Å². The fraction of sp³-hybridized carbons (Fsp3) is 0.0526. The Labute approximate surface area is 173 Å². The molecular weight excluding hydrogens is 431 g/mol. The van der Waals surface area contributed by atoms with Gasteiger partial charge in [-0.05, 0) is 36.4 Å². The number of non-ortho nitro benzene ring substituents is 1. The van der Waals surface area contributed by atoms with E-state index in [9.17, 15) is 23.1 Å². The van der Waals surface area contributed by atoms with Crippen LogP contribution in [0.5, 0.6) is 11.5 Å². The molecule has 1 N–H and O–H groups in total. The molecule has 30 heavy (non-hydrogen) atoms. The van der Waals surface area contributed by atoms with Gasteiger partial charge in [0.25, 0.3) is 5.69 Å². The minimum atomic E-state index is -4.13. The van der Waals surface area contributed by atoms with Crippen molar-refractivity contribution in [2.75, 3.05) is 6.29 Å². The molecule has 0 aromatic heterocycles. The first kappa shape index (κ1) is 21.5. The zero-order valence-corrected chi connectivity index (χ0v) is 17.2. The Morgan fingerprint density at radius 2 is 1.30 bits per heavy atom. The Morgan fingerprint density at radius 1 is 0.833 bits per heavy atom. The van der Waals surface area contributed by atoms with Gasteiger partial charge in [0.15, 0.2) is 0 Å². The minimum Gasteiger partial charge on any atom is -0.415 e. The Kier molecular flexibility index (Phi) is 6.51. The van der Waals surface area contributed by atoms with E-state index in [0.29, 0.717) is 0 Å². The molecule has 3 rings (SSSR count). The van der Waals surface area contributed by atoms with E-state index in [1.165, 1.54) is 0 Å². The number of hydrogen-bond donors (Lipinski definition) is 1. The highest BCUT2D eigenvalue weighted by molar-refractivity contribution is 7.89. The van der Waals surface area contributed by atoms with Crippen molar-refractivity contribution in [1.82, 2.24) is 4.72 Å². The Hall–Kier alpha value is -3.20. The summed E-state index contributed by atoms with van der Waals surface area (Å²) in [6.45, 7) is 0. The van der Waals surface area contributed by atoms with Crippen LogP contribution in [0.15, 0.2) is 89.8 Å². The smallest absolute Gasteiger partial charge is 0.415 e. The molecule has 3 aromatic carbocycles. The molecule has 0 bridgehead atoms. The summed E-state index contributed by atoms with van der Waals surface area (Å²) < 4.78 is 51.6. The number of nitrogens with zero attached hydrogens (tertiary/aromatic N) is 1. The van der Waals surface area contributed by atoms with Crippen molar-refractivity contribution in [2.45, 2.75) is 4.90 Å². The van der Waals surface area contributed by atoms with Gasteiger partial charge >= 0.3 is 7.60 Å². The van der Waals surface area contributed by atoms with Crippen molar-refractivity contribution in [1.29, 1.82) is 0 Å². The van der Waals surface area contributed by atoms with Crippen LogP contribution in [-0.2, 0) is 14.6 Å². The Bertz CT molecular complexity index is 1110. The van der Waals surface area contributed by atoms with Crippen molar-refractivity contribution in [2.24, 2.45) is 0 Å². The second-order valence-electron chi connectivity index (χ2n) is 5.98. The number of nitro groups is 1. The molecule has 3 aromatic rings. The quantitative estimate of drug-likeness (QED) is 0.296. The number of para-hydroxylation sites is 2. The number of rotatable bonds is 9. The second kappa shape index (κ2) is 9.08. The van der Waals surface area contributed by atoms with Crippen LogP contribution >= 0.6 is 7.60 Å². The summed E-state index contributed by atoms with van der Waals surface area (Å²) in [5.41, 5.74) is -0.251. The number of nitrogens with one attached hydrogen (secondary N) is 1. The topological polar surface area (TPSA) is 125 Å². The summed E-state index contributed by atoms with van der Waals surface area (Å²) in [6, 6.07) is 20.7. The van der Waals surface area contributed by atoms with Gasteiger partial charge in [0, 0.05) is 12.1 Å². The summed E-state index contributed by atoms with van der Waals surface area (Å²) in [5.74, 6) is 0.484. The van der Waals surface area contributed by atoms with Gasteiger partial charge in [0.2, 0.25) is 10.0 Å². The molecule has 9 nitrogen and oxygen atoms in total. The highest BCUT2D eigenvalue weighted by Gasteiger charge is 2.31. The lowest BCUT2D eigenvalue weighted by Gasteiger charge is -2.20. The van der Waals surface area contributed by atoms with Gasteiger partial charge < -0.3 is 9.05 Å². The fourth-order valence-corrected chi connectivity index (χ4v) is 5.39. The normalized spacial score (nSPS) is 11.6. The average Bonchev–Trinajstić information content (AvgIpc) is 2.74. The van der Waals surface area contributed by atoms with E-state index in [-0.39, 0.29) is 22.1 Å². The van der Waals surface area contributed by atoms with Gasteiger partial charge in [-0.1, -0.05) is 36.4 Å². The molecule has 0 unspecified atom stereocenters. The van der Waals surface area contributed by atoms with Gasteiger partial charge in [-0.25, -0.2) is 13.0 Å². The zero-order chi connectivity index (χ0) is 21.6. The van der Waals surface area contributed by atoms with E-state index < -0.39 is 28.8 Å². The maximum Gasteiger partial charge on any atom is 0.445 e. The largest absolute Gasteiger partial charge is 0.445 e. The van der Waals surface area contributed by atoms with Crippen LogP contribution in [0.25, 0.3) is 0 Å². The third-order valence-electron chi connectivity index (χ3n) is 3.78. The molecule has 156 valence electrons.